The first-order chi connectivity index (χ1) is 8.70. The Morgan fingerprint density at radius 3 is 2.83 bits per heavy atom. The van der Waals surface area contributed by atoms with Crippen LogP contribution in [-0.4, -0.2) is 6.54 Å². The zero-order valence-electron chi connectivity index (χ0n) is 10.9. The second-order valence-corrected chi connectivity index (χ2v) is 6.12. The summed E-state index contributed by atoms with van der Waals surface area (Å²) in [6.07, 6.45) is 6.09. The highest BCUT2D eigenvalue weighted by Crippen LogP contribution is 2.36. The summed E-state index contributed by atoms with van der Waals surface area (Å²) in [6.45, 7) is 3.09. The summed E-state index contributed by atoms with van der Waals surface area (Å²) in [4.78, 5) is 0. The molecule has 2 rings (SSSR count). The van der Waals surface area contributed by atoms with Gasteiger partial charge in [-0.25, -0.2) is 4.39 Å². The molecule has 1 aromatic carbocycles. The summed E-state index contributed by atoms with van der Waals surface area (Å²) < 4.78 is 14.9. The monoisotopic (exact) mass is 313 g/mol. The van der Waals surface area contributed by atoms with Gasteiger partial charge in [-0.3, -0.25) is 0 Å². The Kier molecular flexibility index (Phi) is 5.19. The third kappa shape index (κ3) is 3.55. The summed E-state index contributed by atoms with van der Waals surface area (Å²) in [5.74, 6) is 0.684. The van der Waals surface area contributed by atoms with E-state index in [1.807, 2.05) is 6.07 Å². The van der Waals surface area contributed by atoms with Gasteiger partial charge in [-0.05, 0) is 43.5 Å². The lowest BCUT2D eigenvalue weighted by Gasteiger charge is -2.30. The van der Waals surface area contributed by atoms with Crippen LogP contribution in [-0.2, 0) is 0 Å². The molecule has 0 saturated heterocycles. The lowest BCUT2D eigenvalue weighted by molar-refractivity contribution is 0.259. The first-order valence-electron chi connectivity index (χ1n) is 6.89. The first kappa shape index (κ1) is 14.0. The van der Waals surface area contributed by atoms with Gasteiger partial charge in [0.25, 0.3) is 0 Å². The number of rotatable bonds is 6. The van der Waals surface area contributed by atoms with Crippen molar-refractivity contribution in [2.24, 2.45) is 5.92 Å². The van der Waals surface area contributed by atoms with Crippen molar-refractivity contribution in [3.05, 3.63) is 34.1 Å². The highest BCUT2D eigenvalue weighted by atomic mass is 79.9. The molecule has 0 bridgehead atoms. The van der Waals surface area contributed by atoms with Crippen LogP contribution in [0.15, 0.2) is 22.7 Å². The fraction of sp³-hybridized carbons (Fsp3) is 0.600. The van der Waals surface area contributed by atoms with E-state index in [0.717, 1.165) is 35.3 Å². The molecule has 18 heavy (non-hydrogen) atoms. The molecule has 1 N–H and O–H groups in total. The minimum Gasteiger partial charge on any atom is -0.310 e. The van der Waals surface area contributed by atoms with E-state index in [4.69, 9.17) is 0 Å². The summed E-state index contributed by atoms with van der Waals surface area (Å²) in [5.41, 5.74) is 0.810. The predicted octanol–water partition coefficient (Wildman–Crippen LogP) is 4.82. The number of hydrogen-bond acceptors (Lipinski definition) is 1. The molecule has 3 heteroatoms. The Balaban J connectivity index is 2.11. The maximum Gasteiger partial charge on any atom is 0.128 e. The molecule has 1 aromatic rings. The van der Waals surface area contributed by atoms with Gasteiger partial charge in [0, 0.05) is 16.1 Å². The zero-order valence-corrected chi connectivity index (χ0v) is 12.5. The summed E-state index contributed by atoms with van der Waals surface area (Å²) in [5, 5.41) is 3.49. The minimum absolute atomic E-state index is 0.0915. The molecule has 1 aliphatic carbocycles. The maximum absolute atomic E-state index is 14.0. The second-order valence-electron chi connectivity index (χ2n) is 5.21. The van der Waals surface area contributed by atoms with Crippen molar-refractivity contribution < 1.29 is 4.39 Å². The predicted molar refractivity (Wildman–Crippen MR) is 77.1 cm³/mol. The highest BCUT2D eigenvalue weighted by molar-refractivity contribution is 9.10. The fourth-order valence-corrected chi connectivity index (χ4v) is 2.86. The van der Waals surface area contributed by atoms with E-state index in [0.29, 0.717) is 0 Å². The largest absolute Gasteiger partial charge is 0.310 e. The van der Waals surface area contributed by atoms with Crippen LogP contribution in [0.1, 0.15) is 50.6 Å². The highest BCUT2D eigenvalue weighted by Gasteiger charge is 2.24. The Labute approximate surface area is 117 Å². The molecule has 0 aromatic heterocycles. The van der Waals surface area contributed by atoms with Gasteiger partial charge in [-0.2, -0.15) is 0 Å². The van der Waals surface area contributed by atoms with E-state index in [9.17, 15) is 4.39 Å². The van der Waals surface area contributed by atoms with Gasteiger partial charge in [-0.15, -0.1) is 0 Å². The third-order valence-corrected chi connectivity index (χ3v) is 4.26. The van der Waals surface area contributed by atoms with Crippen molar-refractivity contribution in [1.29, 1.82) is 0 Å². The van der Waals surface area contributed by atoms with Gasteiger partial charge in [0.05, 0.1) is 0 Å². The van der Waals surface area contributed by atoms with E-state index >= 15 is 0 Å². The molecule has 0 amide bonds. The van der Waals surface area contributed by atoms with Gasteiger partial charge in [0.1, 0.15) is 5.82 Å². The third-order valence-electron chi connectivity index (χ3n) is 3.77. The zero-order chi connectivity index (χ0) is 13.0. The average Bonchev–Trinajstić information content (AvgIpc) is 2.31. The van der Waals surface area contributed by atoms with Crippen LogP contribution in [0.25, 0.3) is 0 Å². The van der Waals surface area contributed by atoms with Gasteiger partial charge >= 0.3 is 0 Å². The van der Waals surface area contributed by atoms with Crippen molar-refractivity contribution in [3.8, 4) is 0 Å². The normalized spacial score (nSPS) is 17.5. The molecule has 1 atom stereocenters. The first-order valence-corrected chi connectivity index (χ1v) is 7.68. The van der Waals surface area contributed by atoms with Crippen molar-refractivity contribution in [1.82, 2.24) is 5.32 Å². The van der Waals surface area contributed by atoms with E-state index in [-0.39, 0.29) is 11.9 Å². The van der Waals surface area contributed by atoms with E-state index in [1.165, 1.54) is 19.3 Å². The minimum atomic E-state index is -0.0915. The van der Waals surface area contributed by atoms with E-state index in [1.54, 1.807) is 12.1 Å². The molecule has 1 fully saturated rings. The van der Waals surface area contributed by atoms with Gasteiger partial charge in [-0.1, -0.05) is 42.1 Å². The van der Waals surface area contributed by atoms with Gasteiger partial charge in [0.2, 0.25) is 0 Å². The molecule has 0 heterocycles. The van der Waals surface area contributed by atoms with Crippen LogP contribution < -0.4 is 5.32 Å². The Morgan fingerprint density at radius 2 is 2.22 bits per heavy atom. The quantitative estimate of drug-likeness (QED) is 0.794. The smallest absolute Gasteiger partial charge is 0.128 e. The number of halogens is 2. The molecule has 1 saturated carbocycles. The Hall–Kier alpha value is -0.410. The molecule has 0 radical (unpaired) electrons. The van der Waals surface area contributed by atoms with Crippen LogP contribution in [0.3, 0.4) is 0 Å². The Bertz CT molecular complexity index is 390. The van der Waals surface area contributed by atoms with Gasteiger partial charge < -0.3 is 5.32 Å². The SMILES string of the molecule is CCCNC(CC1CCC1)c1cc(Br)ccc1F. The lowest BCUT2D eigenvalue weighted by atomic mass is 9.79. The molecule has 1 aliphatic rings. The van der Waals surface area contributed by atoms with Gasteiger partial charge in [0.15, 0.2) is 0 Å². The molecule has 100 valence electrons. The van der Waals surface area contributed by atoms with Crippen LogP contribution >= 0.6 is 15.9 Å². The Morgan fingerprint density at radius 1 is 1.44 bits per heavy atom. The van der Waals surface area contributed by atoms with Crippen molar-refractivity contribution >= 4 is 15.9 Å². The van der Waals surface area contributed by atoms with Crippen LogP contribution in [0, 0.1) is 11.7 Å². The molecular weight excluding hydrogens is 293 g/mol. The molecule has 1 nitrogen and oxygen atoms in total. The molecule has 0 aliphatic heterocycles. The van der Waals surface area contributed by atoms with Crippen LogP contribution in [0.4, 0.5) is 4.39 Å². The summed E-state index contributed by atoms with van der Waals surface area (Å²) in [7, 11) is 0. The van der Waals surface area contributed by atoms with Crippen molar-refractivity contribution in [2.75, 3.05) is 6.54 Å². The number of hydrogen-bond donors (Lipinski definition) is 1. The van der Waals surface area contributed by atoms with Crippen LogP contribution in [0.2, 0.25) is 0 Å². The number of benzene rings is 1. The van der Waals surface area contributed by atoms with E-state index in [2.05, 4.69) is 28.2 Å². The summed E-state index contributed by atoms with van der Waals surface area (Å²) >= 11 is 3.44. The van der Waals surface area contributed by atoms with Crippen LogP contribution in [0.5, 0.6) is 0 Å². The molecule has 0 spiro atoms. The fourth-order valence-electron chi connectivity index (χ4n) is 2.48. The lowest BCUT2D eigenvalue weighted by Crippen LogP contribution is -2.27. The number of nitrogens with one attached hydrogen (secondary N) is 1. The molecule has 1 unspecified atom stereocenters. The van der Waals surface area contributed by atoms with Crippen molar-refractivity contribution in [2.45, 2.75) is 45.1 Å². The summed E-state index contributed by atoms with van der Waals surface area (Å²) in [6, 6.07) is 5.40. The van der Waals surface area contributed by atoms with Crippen molar-refractivity contribution in [3.63, 3.8) is 0 Å². The maximum atomic E-state index is 14.0. The standard InChI is InChI=1S/C15H21BrFN/c1-2-8-18-15(9-11-4-3-5-11)13-10-12(16)6-7-14(13)17/h6-7,10-11,15,18H,2-5,8-9H2,1H3. The molecular formula is C15H21BrFN. The average molecular weight is 314 g/mol. The second kappa shape index (κ2) is 6.67. The topological polar surface area (TPSA) is 12.0 Å². The van der Waals surface area contributed by atoms with E-state index < -0.39 is 0 Å².